The van der Waals surface area contributed by atoms with Crippen LogP contribution in [0.3, 0.4) is 0 Å². The molecule has 0 aliphatic carbocycles. The smallest absolute Gasteiger partial charge is 0.170 e. The van der Waals surface area contributed by atoms with Gasteiger partial charge in [-0.25, -0.2) is 8.78 Å². The summed E-state index contributed by atoms with van der Waals surface area (Å²) in [5, 5.41) is 8.78. The summed E-state index contributed by atoms with van der Waals surface area (Å²) in [6.45, 7) is 2.04. The van der Waals surface area contributed by atoms with Crippen LogP contribution in [0.5, 0.6) is 0 Å². The molecule has 3 rings (SSSR count). The summed E-state index contributed by atoms with van der Waals surface area (Å²) in [5.74, 6) is -1.45. The summed E-state index contributed by atoms with van der Waals surface area (Å²) in [5.41, 5.74) is 5.51. The molecule has 0 unspecified atom stereocenters. The summed E-state index contributed by atoms with van der Waals surface area (Å²) >= 11 is 0. The molecule has 5 nitrogen and oxygen atoms in total. The average Bonchev–Trinajstić information content (AvgIpc) is 2.62. The van der Waals surface area contributed by atoms with Gasteiger partial charge in [0, 0.05) is 12.0 Å². The molecule has 138 valence electrons. The predicted molar refractivity (Wildman–Crippen MR) is 95.3 cm³/mol. The topological polar surface area (TPSA) is 88.5 Å². The molecule has 0 bridgehead atoms. The first-order valence-electron chi connectivity index (χ1n) is 8.26. The van der Waals surface area contributed by atoms with Crippen LogP contribution >= 0.6 is 0 Å². The molecule has 1 heterocycles. The molecular weight excluding hydrogens is 352 g/mol. The number of nitrogens with two attached hydrogens (primary N) is 1. The van der Waals surface area contributed by atoms with E-state index in [1.165, 1.54) is 30.3 Å². The molecule has 0 fully saturated rings. The van der Waals surface area contributed by atoms with Crippen molar-refractivity contribution in [3.63, 3.8) is 0 Å². The second-order valence-electron chi connectivity index (χ2n) is 6.59. The van der Waals surface area contributed by atoms with Crippen molar-refractivity contribution in [1.29, 1.82) is 5.26 Å². The van der Waals surface area contributed by atoms with E-state index in [-0.39, 0.29) is 42.2 Å². The number of hydrogen-bond donors (Lipinski definition) is 1. The minimum absolute atomic E-state index is 0.116. The molecule has 1 atom stereocenters. The van der Waals surface area contributed by atoms with E-state index in [0.29, 0.717) is 5.56 Å². The average molecular weight is 369 g/mol. The van der Waals surface area contributed by atoms with Gasteiger partial charge in [0.05, 0.1) is 23.8 Å². The van der Waals surface area contributed by atoms with Gasteiger partial charge in [-0.1, -0.05) is 6.07 Å². The van der Waals surface area contributed by atoms with Crippen molar-refractivity contribution in [3.8, 4) is 6.07 Å². The Morgan fingerprint density at radius 3 is 2.74 bits per heavy atom. The number of Topliss-reactive ketones (excluding diaryl/α,β-unsaturated/α-hetero) is 1. The monoisotopic (exact) mass is 369 g/mol. The van der Waals surface area contributed by atoms with E-state index in [0.717, 1.165) is 6.07 Å². The number of carbonyl (C=O) groups excluding carboxylic acids is 1. The Kier molecular flexibility index (Phi) is 5.02. The van der Waals surface area contributed by atoms with Gasteiger partial charge in [-0.2, -0.15) is 5.26 Å². The normalized spacial score (nSPS) is 19.3. The van der Waals surface area contributed by atoms with Gasteiger partial charge in [0.2, 0.25) is 0 Å². The lowest BCUT2D eigenvalue weighted by atomic mass is 9.89. The Balaban J connectivity index is 1.90. The van der Waals surface area contributed by atoms with Crippen molar-refractivity contribution in [2.75, 3.05) is 13.2 Å². The van der Waals surface area contributed by atoms with E-state index in [2.05, 4.69) is 4.99 Å². The standard InChI is InChI=1S/C20H17F2N3O2/c1-20(11-27-10-19(24)25-20)15-6-12(3-5-16(15)21)8-18(26)14-4-2-13(9-23)7-17(14)22/h2-7H,8,10-11H2,1H3,(H2,24,25)/t20-/m0/s1. The number of hydrogen-bond acceptors (Lipinski definition) is 5. The Bertz CT molecular complexity index is 982. The number of carbonyl (C=O) groups is 1. The predicted octanol–water partition coefficient (Wildman–Crippen LogP) is 2.86. The highest BCUT2D eigenvalue weighted by Crippen LogP contribution is 2.31. The molecule has 2 aromatic carbocycles. The van der Waals surface area contributed by atoms with Crippen LogP contribution in [-0.2, 0) is 16.7 Å². The SMILES string of the molecule is C[C@@]1(c2cc(CC(=O)c3ccc(C#N)cc3F)ccc2F)COCC(N)=N1. The number of amidine groups is 1. The summed E-state index contributed by atoms with van der Waals surface area (Å²) in [4.78, 5) is 16.8. The second kappa shape index (κ2) is 7.25. The Morgan fingerprint density at radius 2 is 2.07 bits per heavy atom. The highest BCUT2D eigenvalue weighted by molar-refractivity contribution is 5.97. The quantitative estimate of drug-likeness (QED) is 0.840. The van der Waals surface area contributed by atoms with E-state index in [1.54, 1.807) is 6.92 Å². The van der Waals surface area contributed by atoms with Crippen LogP contribution in [0.25, 0.3) is 0 Å². The number of benzene rings is 2. The van der Waals surface area contributed by atoms with Gasteiger partial charge >= 0.3 is 0 Å². The first kappa shape index (κ1) is 18.7. The molecule has 0 spiro atoms. The molecule has 1 aliphatic heterocycles. The lowest BCUT2D eigenvalue weighted by Gasteiger charge is -2.30. The van der Waals surface area contributed by atoms with Gasteiger partial charge in [-0.3, -0.25) is 9.79 Å². The summed E-state index contributed by atoms with van der Waals surface area (Å²) in [6, 6.07) is 9.74. The van der Waals surface area contributed by atoms with Gasteiger partial charge in [-0.15, -0.1) is 0 Å². The van der Waals surface area contributed by atoms with E-state index in [9.17, 15) is 13.6 Å². The van der Waals surface area contributed by atoms with Crippen LogP contribution < -0.4 is 5.73 Å². The fourth-order valence-electron chi connectivity index (χ4n) is 3.06. The zero-order valence-electron chi connectivity index (χ0n) is 14.6. The largest absolute Gasteiger partial charge is 0.386 e. The molecule has 2 aromatic rings. The number of ketones is 1. The molecule has 27 heavy (non-hydrogen) atoms. The van der Waals surface area contributed by atoms with Crippen LogP contribution in [0.1, 0.15) is 34.0 Å². The maximum Gasteiger partial charge on any atom is 0.170 e. The first-order valence-corrected chi connectivity index (χ1v) is 8.26. The third-order valence-corrected chi connectivity index (χ3v) is 4.40. The Morgan fingerprint density at radius 1 is 1.30 bits per heavy atom. The van der Waals surface area contributed by atoms with Gasteiger partial charge in [0.25, 0.3) is 0 Å². The summed E-state index contributed by atoms with van der Waals surface area (Å²) < 4.78 is 33.8. The number of nitriles is 1. The van der Waals surface area contributed by atoms with Crippen molar-refractivity contribution in [2.24, 2.45) is 10.7 Å². The molecule has 2 N–H and O–H groups in total. The molecular formula is C20H17F2N3O2. The molecule has 0 amide bonds. The minimum Gasteiger partial charge on any atom is -0.386 e. The molecule has 0 saturated carbocycles. The van der Waals surface area contributed by atoms with Gasteiger partial charge in [-0.05, 0) is 42.8 Å². The second-order valence-corrected chi connectivity index (χ2v) is 6.59. The van der Waals surface area contributed by atoms with Crippen LogP contribution in [0.4, 0.5) is 8.78 Å². The van der Waals surface area contributed by atoms with Crippen molar-refractivity contribution in [2.45, 2.75) is 18.9 Å². The van der Waals surface area contributed by atoms with Gasteiger partial charge in [0.15, 0.2) is 5.78 Å². The highest BCUT2D eigenvalue weighted by atomic mass is 19.1. The van der Waals surface area contributed by atoms with E-state index in [4.69, 9.17) is 15.7 Å². The first-order chi connectivity index (χ1) is 12.8. The van der Waals surface area contributed by atoms with Crippen LogP contribution in [0.15, 0.2) is 41.4 Å². The summed E-state index contributed by atoms with van der Waals surface area (Å²) in [7, 11) is 0. The number of ether oxygens (including phenoxy) is 1. The van der Waals surface area contributed by atoms with Crippen molar-refractivity contribution in [3.05, 3.63) is 70.3 Å². The maximum atomic E-state index is 14.4. The van der Waals surface area contributed by atoms with E-state index in [1.807, 2.05) is 6.07 Å². The molecule has 1 aliphatic rings. The number of nitrogens with zero attached hydrogens (tertiary/aromatic N) is 2. The maximum absolute atomic E-state index is 14.4. The summed E-state index contributed by atoms with van der Waals surface area (Å²) in [6.07, 6.45) is -0.119. The molecule has 0 saturated heterocycles. The number of aliphatic imine (C=N–C) groups is 1. The van der Waals surface area contributed by atoms with E-state index >= 15 is 0 Å². The molecule has 0 aromatic heterocycles. The zero-order valence-corrected chi connectivity index (χ0v) is 14.6. The molecule has 7 heteroatoms. The fraction of sp³-hybridized carbons (Fsp3) is 0.250. The van der Waals surface area contributed by atoms with Crippen molar-refractivity contribution in [1.82, 2.24) is 0 Å². The third kappa shape index (κ3) is 3.86. The van der Waals surface area contributed by atoms with E-state index < -0.39 is 23.0 Å². The van der Waals surface area contributed by atoms with Crippen LogP contribution in [0, 0.1) is 23.0 Å². The van der Waals surface area contributed by atoms with Gasteiger partial charge in [0.1, 0.15) is 29.6 Å². The fourth-order valence-corrected chi connectivity index (χ4v) is 3.06. The Hall–Kier alpha value is -3.11. The van der Waals surface area contributed by atoms with Gasteiger partial charge < -0.3 is 10.5 Å². The molecule has 0 radical (unpaired) electrons. The van der Waals surface area contributed by atoms with Crippen molar-refractivity contribution >= 4 is 11.6 Å². The van der Waals surface area contributed by atoms with Crippen molar-refractivity contribution < 1.29 is 18.3 Å². The third-order valence-electron chi connectivity index (χ3n) is 4.40. The lowest BCUT2D eigenvalue weighted by Crippen LogP contribution is -2.38. The highest BCUT2D eigenvalue weighted by Gasteiger charge is 2.33. The van der Waals surface area contributed by atoms with Crippen LogP contribution in [0.2, 0.25) is 0 Å². The lowest BCUT2D eigenvalue weighted by molar-refractivity contribution is 0.0988. The Labute approximate surface area is 155 Å². The zero-order chi connectivity index (χ0) is 19.6. The van der Waals surface area contributed by atoms with Crippen LogP contribution in [-0.4, -0.2) is 24.8 Å². The number of rotatable bonds is 4. The minimum atomic E-state index is -0.995. The number of halogens is 2.